The Hall–Kier alpha value is -4.80. The van der Waals surface area contributed by atoms with Crippen molar-refractivity contribution in [3.05, 3.63) is 66.1 Å². The van der Waals surface area contributed by atoms with Gasteiger partial charge in [-0.1, -0.05) is 6.07 Å². The van der Waals surface area contributed by atoms with E-state index in [-0.39, 0.29) is 5.56 Å². The van der Waals surface area contributed by atoms with Crippen molar-refractivity contribution in [2.24, 2.45) is 7.05 Å². The summed E-state index contributed by atoms with van der Waals surface area (Å²) in [6.07, 6.45) is 2.87. The fourth-order valence-corrected chi connectivity index (χ4v) is 3.73. The van der Waals surface area contributed by atoms with Gasteiger partial charge in [-0.15, -0.1) is 0 Å². The van der Waals surface area contributed by atoms with Crippen molar-refractivity contribution in [2.75, 3.05) is 38.9 Å². The fourth-order valence-electron chi connectivity index (χ4n) is 3.73. The minimum atomic E-state index is -2.68. The molecule has 0 aliphatic rings. The summed E-state index contributed by atoms with van der Waals surface area (Å²) in [6, 6.07) is 12.4. The van der Waals surface area contributed by atoms with Crippen LogP contribution in [0.2, 0.25) is 0 Å². The number of anilines is 3. The largest absolute Gasteiger partial charge is 0.497 e. The standard InChI is InChI=1S/C26H29N7O4/c1-27-26(34)19-14-29-23(28-13-16-9-10-17(35-3)11-22(16)36-4)12-21(19)31-20-8-6-7-18(24(20)37-5)25-30-15-33(2)32-25/h6-12,14-15H,13H2,1-5H3,(H,27,34)(H2,28,29,31)/i1D3. The van der Waals surface area contributed by atoms with E-state index in [1.807, 2.05) is 23.5 Å². The molecule has 4 rings (SSSR count). The maximum Gasteiger partial charge on any atom is 0.254 e. The van der Waals surface area contributed by atoms with E-state index in [1.54, 1.807) is 56.5 Å². The predicted molar refractivity (Wildman–Crippen MR) is 141 cm³/mol. The van der Waals surface area contributed by atoms with Crippen LogP contribution in [0.5, 0.6) is 17.2 Å². The highest BCUT2D eigenvalue weighted by atomic mass is 16.5. The van der Waals surface area contributed by atoms with Crippen LogP contribution >= 0.6 is 0 Å². The highest BCUT2D eigenvalue weighted by molar-refractivity contribution is 6.00. The lowest BCUT2D eigenvalue weighted by Crippen LogP contribution is -2.20. The number of aryl methyl sites for hydroxylation is 1. The number of hydrogen-bond acceptors (Lipinski definition) is 9. The highest BCUT2D eigenvalue weighted by Gasteiger charge is 2.18. The predicted octanol–water partition coefficient (Wildman–Crippen LogP) is 3.62. The molecule has 0 aliphatic heterocycles. The van der Waals surface area contributed by atoms with Crippen molar-refractivity contribution in [1.29, 1.82) is 0 Å². The number of pyridine rings is 1. The molecule has 0 unspecified atom stereocenters. The average molecular weight is 507 g/mol. The van der Waals surface area contributed by atoms with E-state index in [1.165, 1.54) is 13.3 Å². The summed E-state index contributed by atoms with van der Waals surface area (Å²) in [5.74, 6) is 1.78. The van der Waals surface area contributed by atoms with Crippen LogP contribution in [0.1, 0.15) is 20.0 Å². The van der Waals surface area contributed by atoms with Crippen LogP contribution in [-0.4, -0.2) is 54.0 Å². The molecule has 4 aromatic rings. The molecule has 0 aliphatic carbocycles. The van der Waals surface area contributed by atoms with E-state index in [0.717, 1.165) is 5.56 Å². The second-order valence-electron chi connectivity index (χ2n) is 7.85. The van der Waals surface area contributed by atoms with Crippen molar-refractivity contribution in [1.82, 2.24) is 25.1 Å². The van der Waals surface area contributed by atoms with Crippen LogP contribution in [-0.2, 0) is 13.6 Å². The van der Waals surface area contributed by atoms with Crippen LogP contribution in [0.4, 0.5) is 17.2 Å². The van der Waals surface area contributed by atoms with Crippen LogP contribution in [0.15, 0.2) is 55.0 Å². The molecule has 192 valence electrons. The number of methoxy groups -OCH3 is 3. The lowest BCUT2D eigenvalue weighted by molar-refractivity contribution is 0.0963. The molecule has 0 spiro atoms. The van der Waals surface area contributed by atoms with Crippen molar-refractivity contribution in [3.8, 4) is 28.6 Å². The highest BCUT2D eigenvalue weighted by Crippen LogP contribution is 2.37. The zero-order valence-corrected chi connectivity index (χ0v) is 20.8. The second kappa shape index (κ2) is 11.3. The molecule has 0 bridgehead atoms. The monoisotopic (exact) mass is 506 g/mol. The van der Waals surface area contributed by atoms with Crippen LogP contribution < -0.4 is 30.2 Å². The first kappa shape index (κ1) is 21.5. The molecule has 2 heterocycles. The van der Waals surface area contributed by atoms with Gasteiger partial charge >= 0.3 is 0 Å². The number of carbonyl (C=O) groups excluding carboxylic acids is 1. The summed E-state index contributed by atoms with van der Waals surface area (Å²) in [5, 5.41) is 12.8. The number of para-hydroxylation sites is 1. The third-order valence-corrected chi connectivity index (χ3v) is 5.55. The maximum atomic E-state index is 12.9. The van der Waals surface area contributed by atoms with Gasteiger partial charge in [-0.05, 0) is 24.3 Å². The Bertz CT molecular complexity index is 1510. The lowest BCUT2D eigenvalue weighted by atomic mass is 10.1. The molecule has 0 fully saturated rings. The molecule has 0 saturated carbocycles. The van der Waals surface area contributed by atoms with E-state index < -0.39 is 12.9 Å². The lowest BCUT2D eigenvalue weighted by Gasteiger charge is -2.17. The third-order valence-electron chi connectivity index (χ3n) is 5.55. The summed E-state index contributed by atoms with van der Waals surface area (Å²) >= 11 is 0. The van der Waals surface area contributed by atoms with Gasteiger partial charge in [0.1, 0.15) is 23.6 Å². The van der Waals surface area contributed by atoms with Crippen LogP contribution in [0.3, 0.4) is 0 Å². The first-order valence-electron chi connectivity index (χ1n) is 12.7. The Morgan fingerprint density at radius 2 is 1.92 bits per heavy atom. The van der Waals surface area contributed by atoms with Crippen molar-refractivity contribution in [2.45, 2.75) is 6.54 Å². The Morgan fingerprint density at radius 3 is 2.62 bits per heavy atom. The first-order valence-corrected chi connectivity index (χ1v) is 11.2. The number of amides is 1. The number of rotatable bonds is 10. The van der Waals surface area contributed by atoms with Crippen molar-refractivity contribution < 1.29 is 23.1 Å². The SMILES string of the molecule is [2H]C([2H])([2H])NC(=O)c1cnc(NCc2ccc(OC)cc2OC)cc1Nc1cccc(-c2ncn(C)n2)c1OC. The molecule has 0 saturated heterocycles. The van der Waals surface area contributed by atoms with Gasteiger partial charge in [0.25, 0.3) is 5.91 Å². The second-order valence-corrected chi connectivity index (χ2v) is 7.85. The number of nitrogens with zero attached hydrogens (tertiary/aromatic N) is 4. The molecule has 2 aromatic carbocycles. The summed E-state index contributed by atoms with van der Waals surface area (Å²) in [5.41, 5.74) is 2.29. The van der Waals surface area contributed by atoms with E-state index in [9.17, 15) is 4.79 Å². The van der Waals surface area contributed by atoms with Gasteiger partial charge in [-0.2, -0.15) is 5.10 Å². The minimum absolute atomic E-state index is 0.0205. The summed E-state index contributed by atoms with van der Waals surface area (Å²) in [6.45, 7) is -2.33. The number of carbonyl (C=O) groups is 1. The Kier molecular flexibility index (Phi) is 6.56. The van der Waals surface area contributed by atoms with E-state index in [4.69, 9.17) is 18.3 Å². The Labute approximate surface area is 219 Å². The van der Waals surface area contributed by atoms with Gasteiger partial charge in [0.05, 0.1) is 43.8 Å². The molecule has 11 heteroatoms. The summed E-state index contributed by atoms with van der Waals surface area (Å²) in [4.78, 5) is 21.5. The van der Waals surface area contributed by atoms with Crippen LogP contribution in [0.25, 0.3) is 11.4 Å². The maximum absolute atomic E-state index is 12.9. The van der Waals surface area contributed by atoms with Gasteiger partial charge in [0.2, 0.25) is 0 Å². The number of hydrogen-bond donors (Lipinski definition) is 3. The molecular formula is C26H29N7O4. The van der Waals surface area contributed by atoms with Gasteiger partial charge in [-0.25, -0.2) is 9.97 Å². The van der Waals surface area contributed by atoms with E-state index in [2.05, 4.69) is 25.7 Å². The number of aromatic nitrogens is 4. The zero-order valence-electron chi connectivity index (χ0n) is 23.8. The van der Waals surface area contributed by atoms with Gasteiger partial charge in [-0.3, -0.25) is 9.48 Å². The van der Waals surface area contributed by atoms with Crippen LogP contribution in [0, 0.1) is 0 Å². The van der Waals surface area contributed by atoms with Gasteiger partial charge in [0, 0.05) is 48.6 Å². The molecule has 37 heavy (non-hydrogen) atoms. The Balaban J connectivity index is 1.69. The molecule has 3 N–H and O–H groups in total. The average Bonchev–Trinajstić information content (AvgIpc) is 3.36. The third kappa shape index (κ3) is 5.56. The summed E-state index contributed by atoms with van der Waals surface area (Å²) < 4.78 is 40.3. The molecule has 2 aromatic heterocycles. The minimum Gasteiger partial charge on any atom is -0.497 e. The smallest absolute Gasteiger partial charge is 0.254 e. The van der Waals surface area contributed by atoms with E-state index in [0.29, 0.717) is 52.4 Å². The van der Waals surface area contributed by atoms with Crippen molar-refractivity contribution >= 4 is 23.1 Å². The molecule has 11 nitrogen and oxygen atoms in total. The number of ether oxygens (including phenoxy) is 3. The number of benzene rings is 2. The van der Waals surface area contributed by atoms with Gasteiger partial charge in [0.15, 0.2) is 11.6 Å². The van der Waals surface area contributed by atoms with E-state index >= 15 is 0 Å². The quantitative estimate of drug-likeness (QED) is 0.296. The van der Waals surface area contributed by atoms with Crippen molar-refractivity contribution in [3.63, 3.8) is 0 Å². The fraction of sp³-hybridized carbons (Fsp3) is 0.231. The topological polar surface area (TPSA) is 124 Å². The normalized spacial score (nSPS) is 12.1. The molecular weight excluding hydrogens is 474 g/mol. The van der Waals surface area contributed by atoms with Gasteiger partial charge < -0.3 is 30.2 Å². The molecule has 1 amide bonds. The first-order chi connectivity index (χ1) is 19.1. The number of nitrogens with one attached hydrogen (secondary N) is 3. The Morgan fingerprint density at radius 1 is 1.05 bits per heavy atom. The molecule has 0 atom stereocenters. The summed E-state index contributed by atoms with van der Waals surface area (Å²) in [7, 11) is 6.41. The zero-order chi connectivity index (χ0) is 28.9. The molecule has 0 radical (unpaired) electrons.